The van der Waals surface area contributed by atoms with Gasteiger partial charge in [-0.2, -0.15) is 29.9 Å². The van der Waals surface area contributed by atoms with E-state index in [4.69, 9.17) is 16.2 Å². The SMILES string of the molecule is COC(=O)[C@@H](CC(C)C)N(Cc1nc(N)nc(Nc2ccccc2C)n1)Cc1nc(N)nc(Nc2ccccc2C)n1. The molecule has 220 valence electrons. The first-order valence-electron chi connectivity index (χ1n) is 13.6. The maximum Gasteiger partial charge on any atom is 0.323 e. The Hall–Kier alpha value is -4.91. The van der Waals surface area contributed by atoms with E-state index in [-0.39, 0.29) is 30.9 Å². The minimum atomic E-state index is -0.647. The van der Waals surface area contributed by atoms with Gasteiger partial charge in [-0.1, -0.05) is 50.2 Å². The molecule has 0 bridgehead atoms. The van der Waals surface area contributed by atoms with E-state index in [1.807, 2.05) is 81.1 Å². The van der Waals surface area contributed by atoms with Crippen molar-refractivity contribution in [2.45, 2.75) is 53.2 Å². The summed E-state index contributed by atoms with van der Waals surface area (Å²) >= 11 is 0. The number of aromatic nitrogens is 6. The second kappa shape index (κ2) is 13.6. The zero-order valence-electron chi connectivity index (χ0n) is 24.5. The van der Waals surface area contributed by atoms with Crippen molar-refractivity contribution in [1.82, 2.24) is 34.8 Å². The number of ether oxygens (including phenoxy) is 1. The topological polar surface area (TPSA) is 183 Å². The van der Waals surface area contributed by atoms with Crippen molar-refractivity contribution in [2.75, 3.05) is 29.2 Å². The van der Waals surface area contributed by atoms with E-state index in [0.717, 1.165) is 22.5 Å². The number of nitrogen functional groups attached to an aromatic ring is 2. The number of anilines is 6. The van der Waals surface area contributed by atoms with Crippen LogP contribution in [0.1, 0.15) is 43.0 Å². The molecule has 0 fully saturated rings. The van der Waals surface area contributed by atoms with Crippen LogP contribution in [0.4, 0.5) is 35.2 Å². The quantitative estimate of drug-likeness (QED) is 0.180. The lowest BCUT2D eigenvalue weighted by atomic mass is 10.0. The smallest absolute Gasteiger partial charge is 0.323 e. The highest BCUT2D eigenvalue weighted by molar-refractivity contribution is 5.75. The lowest BCUT2D eigenvalue weighted by molar-refractivity contribution is -0.148. The molecular formula is C29H37N11O2. The van der Waals surface area contributed by atoms with Crippen molar-refractivity contribution in [3.8, 4) is 0 Å². The summed E-state index contributed by atoms with van der Waals surface area (Å²) in [5.74, 6) is 1.17. The van der Waals surface area contributed by atoms with Gasteiger partial charge in [0.25, 0.3) is 0 Å². The highest BCUT2D eigenvalue weighted by Crippen LogP contribution is 2.22. The summed E-state index contributed by atoms with van der Waals surface area (Å²) < 4.78 is 5.19. The zero-order chi connectivity index (χ0) is 30.2. The van der Waals surface area contributed by atoms with E-state index in [1.54, 1.807) is 0 Å². The predicted octanol–water partition coefficient (Wildman–Crippen LogP) is 3.91. The third-order valence-corrected chi connectivity index (χ3v) is 6.48. The van der Waals surface area contributed by atoms with E-state index in [0.29, 0.717) is 30.0 Å². The monoisotopic (exact) mass is 571 g/mol. The van der Waals surface area contributed by atoms with Crippen LogP contribution in [0, 0.1) is 19.8 Å². The van der Waals surface area contributed by atoms with Gasteiger partial charge >= 0.3 is 5.97 Å². The summed E-state index contributed by atoms with van der Waals surface area (Å²) in [6.45, 7) is 8.28. The number of carbonyl (C=O) groups excluding carboxylic acids is 1. The Morgan fingerprint density at radius 2 is 1.24 bits per heavy atom. The van der Waals surface area contributed by atoms with Crippen LogP contribution in [-0.4, -0.2) is 53.9 Å². The molecule has 0 spiro atoms. The van der Waals surface area contributed by atoms with E-state index >= 15 is 0 Å². The van der Waals surface area contributed by atoms with Crippen molar-refractivity contribution >= 4 is 41.1 Å². The first-order valence-corrected chi connectivity index (χ1v) is 13.6. The average Bonchev–Trinajstić information content (AvgIpc) is 2.93. The van der Waals surface area contributed by atoms with Crippen LogP contribution < -0.4 is 22.1 Å². The number of para-hydroxylation sites is 2. The molecule has 0 unspecified atom stereocenters. The molecule has 4 rings (SSSR count). The third-order valence-electron chi connectivity index (χ3n) is 6.48. The van der Waals surface area contributed by atoms with Gasteiger partial charge < -0.3 is 26.8 Å². The predicted molar refractivity (Wildman–Crippen MR) is 162 cm³/mol. The Bertz CT molecular complexity index is 1430. The Balaban J connectivity index is 1.67. The average molecular weight is 572 g/mol. The van der Waals surface area contributed by atoms with Crippen molar-refractivity contribution < 1.29 is 9.53 Å². The summed E-state index contributed by atoms with van der Waals surface area (Å²) in [6, 6.07) is 14.9. The Labute approximate surface area is 245 Å². The summed E-state index contributed by atoms with van der Waals surface area (Å²) in [7, 11) is 1.37. The van der Waals surface area contributed by atoms with Gasteiger partial charge in [0.15, 0.2) is 0 Å². The standard InChI is InChI=1S/C29H37N11O2/c1-17(2)14-22(25(41)42-5)40(15-23-34-26(30)38-28(36-23)32-20-12-8-6-10-18(20)3)16-24-35-27(31)39-29(37-24)33-21-13-9-7-11-19(21)4/h6-13,17,22H,14-16H2,1-5H3,(H3,30,32,34,36,38)(H3,31,33,35,37,39)/t22-/m1/s1. The lowest BCUT2D eigenvalue weighted by Gasteiger charge is -2.30. The molecule has 0 aliphatic carbocycles. The van der Waals surface area contributed by atoms with E-state index in [2.05, 4.69) is 40.5 Å². The van der Waals surface area contributed by atoms with Crippen LogP contribution in [0.15, 0.2) is 48.5 Å². The van der Waals surface area contributed by atoms with E-state index < -0.39 is 12.0 Å². The molecule has 6 N–H and O–H groups in total. The van der Waals surface area contributed by atoms with E-state index in [1.165, 1.54) is 7.11 Å². The minimum Gasteiger partial charge on any atom is -0.468 e. The van der Waals surface area contributed by atoms with Crippen molar-refractivity contribution in [1.29, 1.82) is 0 Å². The summed E-state index contributed by atoms with van der Waals surface area (Å²) in [5, 5.41) is 6.41. The van der Waals surface area contributed by atoms with Gasteiger partial charge in [-0.05, 0) is 49.4 Å². The van der Waals surface area contributed by atoms with Gasteiger partial charge in [0, 0.05) is 11.4 Å². The molecule has 1 atom stereocenters. The third kappa shape index (κ3) is 8.07. The minimum absolute atomic E-state index is 0.0450. The Morgan fingerprint density at radius 1 is 0.786 bits per heavy atom. The number of benzene rings is 2. The fourth-order valence-electron chi connectivity index (χ4n) is 4.41. The highest BCUT2D eigenvalue weighted by Gasteiger charge is 2.30. The fourth-order valence-corrected chi connectivity index (χ4v) is 4.41. The molecule has 0 aliphatic heterocycles. The van der Waals surface area contributed by atoms with E-state index in [9.17, 15) is 4.79 Å². The lowest BCUT2D eigenvalue weighted by Crippen LogP contribution is -2.42. The second-order valence-electron chi connectivity index (χ2n) is 10.3. The molecule has 2 aromatic heterocycles. The molecule has 0 saturated heterocycles. The Kier molecular flexibility index (Phi) is 9.76. The van der Waals surface area contributed by atoms with Crippen LogP contribution in [0.25, 0.3) is 0 Å². The maximum atomic E-state index is 13.1. The maximum absolute atomic E-state index is 13.1. The number of hydrogen-bond donors (Lipinski definition) is 4. The number of rotatable bonds is 12. The van der Waals surface area contributed by atoms with Crippen molar-refractivity contribution in [3.63, 3.8) is 0 Å². The molecular weight excluding hydrogens is 534 g/mol. The van der Waals surface area contributed by atoms with Gasteiger partial charge in [-0.25, -0.2) is 0 Å². The van der Waals surface area contributed by atoms with Gasteiger partial charge in [-0.15, -0.1) is 0 Å². The largest absolute Gasteiger partial charge is 0.468 e. The molecule has 13 heteroatoms. The number of nitrogens with one attached hydrogen (secondary N) is 2. The molecule has 0 saturated carbocycles. The highest BCUT2D eigenvalue weighted by atomic mass is 16.5. The molecule has 2 aromatic carbocycles. The molecule has 0 aliphatic rings. The number of esters is 1. The molecule has 0 amide bonds. The Morgan fingerprint density at radius 3 is 1.64 bits per heavy atom. The number of hydrogen-bond acceptors (Lipinski definition) is 13. The molecule has 4 aromatic rings. The molecule has 0 radical (unpaired) electrons. The number of nitrogens with zero attached hydrogens (tertiary/aromatic N) is 7. The number of methoxy groups -OCH3 is 1. The summed E-state index contributed by atoms with van der Waals surface area (Å²) in [6.07, 6.45) is 0.510. The second-order valence-corrected chi connectivity index (χ2v) is 10.3. The molecule has 42 heavy (non-hydrogen) atoms. The number of nitrogens with two attached hydrogens (primary N) is 2. The summed E-state index contributed by atoms with van der Waals surface area (Å²) in [4.78, 5) is 41.3. The van der Waals surface area contributed by atoms with Crippen LogP contribution in [0.2, 0.25) is 0 Å². The van der Waals surface area contributed by atoms with Crippen LogP contribution in [0.3, 0.4) is 0 Å². The van der Waals surface area contributed by atoms with Gasteiger partial charge in [0.1, 0.15) is 17.7 Å². The summed E-state index contributed by atoms with van der Waals surface area (Å²) in [5.41, 5.74) is 15.9. The number of aryl methyl sites for hydroxylation is 2. The normalized spacial score (nSPS) is 11.9. The molecule has 13 nitrogen and oxygen atoms in total. The van der Waals surface area contributed by atoms with Crippen LogP contribution >= 0.6 is 0 Å². The van der Waals surface area contributed by atoms with Crippen LogP contribution in [0.5, 0.6) is 0 Å². The van der Waals surface area contributed by atoms with Crippen molar-refractivity contribution in [2.24, 2.45) is 5.92 Å². The first-order chi connectivity index (χ1) is 20.1. The zero-order valence-corrected chi connectivity index (χ0v) is 24.5. The van der Waals surface area contributed by atoms with Gasteiger partial charge in [0.05, 0.1) is 20.2 Å². The van der Waals surface area contributed by atoms with Gasteiger partial charge in [0.2, 0.25) is 23.8 Å². The van der Waals surface area contributed by atoms with Gasteiger partial charge in [-0.3, -0.25) is 9.69 Å². The molecule has 2 heterocycles. The number of carbonyl (C=O) groups is 1. The fraction of sp³-hybridized carbons (Fsp3) is 0.345. The van der Waals surface area contributed by atoms with Crippen LogP contribution in [-0.2, 0) is 22.6 Å². The van der Waals surface area contributed by atoms with Crippen molar-refractivity contribution in [3.05, 3.63) is 71.3 Å². The first kappa shape index (κ1) is 30.1.